The Balaban J connectivity index is 1.57. The van der Waals surface area contributed by atoms with Gasteiger partial charge in [0.05, 0.1) is 6.54 Å². The van der Waals surface area contributed by atoms with Gasteiger partial charge in [-0.05, 0) is 13.3 Å². The lowest BCUT2D eigenvalue weighted by Gasteiger charge is -2.41. The first kappa shape index (κ1) is 23.5. The van der Waals surface area contributed by atoms with Crippen LogP contribution in [0, 0.1) is 17.5 Å². The van der Waals surface area contributed by atoms with Gasteiger partial charge < -0.3 is 25.0 Å². The van der Waals surface area contributed by atoms with Crippen molar-refractivity contribution in [1.82, 2.24) is 14.5 Å². The maximum atomic E-state index is 14.2. The van der Waals surface area contributed by atoms with E-state index in [0.29, 0.717) is 18.6 Å². The molecule has 3 N–H and O–H groups in total. The molecule has 2 amide bonds. The second kappa shape index (κ2) is 8.16. The zero-order valence-corrected chi connectivity index (χ0v) is 18.4. The fourth-order valence-corrected chi connectivity index (χ4v) is 4.87. The van der Waals surface area contributed by atoms with E-state index in [0.717, 1.165) is 17.3 Å². The number of hydrogen-bond acceptors (Lipinski definition) is 7. The predicted octanol–water partition coefficient (Wildman–Crippen LogP) is 0.980. The minimum Gasteiger partial charge on any atom is -0.365 e. The van der Waals surface area contributed by atoms with E-state index >= 15 is 0 Å². The minimum absolute atomic E-state index is 0.0276. The number of nitrogens with zero attached hydrogens (tertiary/aromatic N) is 3. The fraction of sp³-hybridized carbons (Fsp3) is 0.409. The molecule has 2 fully saturated rings. The van der Waals surface area contributed by atoms with Crippen molar-refractivity contribution >= 4 is 11.8 Å². The third kappa shape index (κ3) is 3.71. The van der Waals surface area contributed by atoms with Gasteiger partial charge in [0.25, 0.3) is 11.8 Å². The van der Waals surface area contributed by atoms with E-state index < -0.39 is 65.0 Å². The summed E-state index contributed by atoms with van der Waals surface area (Å²) in [7, 11) is 0. The highest BCUT2D eigenvalue weighted by Gasteiger charge is 2.57. The molecule has 2 saturated heterocycles. The third-order valence-corrected chi connectivity index (χ3v) is 6.72. The average Bonchev–Trinajstić information content (AvgIpc) is 3.04. The maximum Gasteiger partial charge on any atom is 0.270 e. The van der Waals surface area contributed by atoms with E-state index in [1.165, 1.54) is 9.47 Å². The van der Waals surface area contributed by atoms with Crippen LogP contribution in [0.2, 0.25) is 0 Å². The molecular weight excluding hydrogens is 473 g/mol. The summed E-state index contributed by atoms with van der Waals surface area (Å²) in [6.07, 6.45) is -0.110. The number of aliphatic hydroxyl groups is 1. The molecule has 3 aliphatic heterocycles. The van der Waals surface area contributed by atoms with Gasteiger partial charge in [0, 0.05) is 49.0 Å². The van der Waals surface area contributed by atoms with Gasteiger partial charge in [-0.1, -0.05) is 0 Å². The lowest BCUT2D eigenvalue weighted by molar-refractivity contribution is -0.263. The van der Waals surface area contributed by atoms with Crippen LogP contribution < -0.4 is 11.2 Å². The topological polar surface area (TPSA) is 127 Å². The molecule has 13 heteroatoms. The van der Waals surface area contributed by atoms with E-state index in [2.05, 4.69) is 0 Å². The van der Waals surface area contributed by atoms with E-state index in [1.54, 1.807) is 6.92 Å². The molecule has 35 heavy (non-hydrogen) atoms. The molecule has 0 aliphatic carbocycles. The van der Waals surface area contributed by atoms with Crippen LogP contribution in [0.25, 0.3) is 0 Å². The molecular formula is C22H21F3N4O6. The van der Waals surface area contributed by atoms with Gasteiger partial charge in [-0.25, -0.2) is 13.2 Å². The fourth-order valence-electron chi connectivity index (χ4n) is 4.87. The molecule has 2 bridgehead atoms. The molecule has 4 heterocycles. The van der Waals surface area contributed by atoms with Crippen molar-refractivity contribution in [3.8, 4) is 0 Å². The number of aromatic nitrogens is 1. The molecule has 186 valence electrons. The molecule has 5 rings (SSSR count). The van der Waals surface area contributed by atoms with Crippen molar-refractivity contribution in [3.63, 3.8) is 0 Å². The number of ether oxygens (including phenoxy) is 1. The van der Waals surface area contributed by atoms with Crippen LogP contribution in [0.5, 0.6) is 0 Å². The number of nitrogens with two attached hydrogens (primary N) is 1. The summed E-state index contributed by atoms with van der Waals surface area (Å²) in [6.45, 7) is 1.22. The van der Waals surface area contributed by atoms with Crippen LogP contribution in [0.3, 0.4) is 0 Å². The van der Waals surface area contributed by atoms with Crippen LogP contribution in [0.4, 0.5) is 13.2 Å². The van der Waals surface area contributed by atoms with Gasteiger partial charge >= 0.3 is 0 Å². The Morgan fingerprint density at radius 2 is 1.91 bits per heavy atom. The Kier molecular flexibility index (Phi) is 5.47. The zero-order chi connectivity index (χ0) is 25.2. The normalized spacial score (nSPS) is 28.3. The van der Waals surface area contributed by atoms with Crippen molar-refractivity contribution in [1.29, 1.82) is 0 Å². The van der Waals surface area contributed by atoms with Crippen LogP contribution in [0.15, 0.2) is 29.2 Å². The highest BCUT2D eigenvalue weighted by Crippen LogP contribution is 2.46. The first-order chi connectivity index (χ1) is 16.5. The Morgan fingerprint density at radius 1 is 1.23 bits per heavy atom. The summed E-state index contributed by atoms with van der Waals surface area (Å²) < 4.78 is 48.9. The maximum absolute atomic E-state index is 14.2. The van der Waals surface area contributed by atoms with Gasteiger partial charge in [0.1, 0.15) is 34.8 Å². The van der Waals surface area contributed by atoms with Gasteiger partial charge in [-0.15, -0.1) is 5.06 Å². The number of carbonyl (C=O) groups is 2. The molecule has 1 spiro atoms. The summed E-state index contributed by atoms with van der Waals surface area (Å²) in [5.41, 5.74) is 3.67. The van der Waals surface area contributed by atoms with E-state index in [9.17, 15) is 32.7 Å². The summed E-state index contributed by atoms with van der Waals surface area (Å²) in [5, 5.41) is 11.4. The Labute approximate surface area is 196 Å². The number of primary amides is 1. The molecule has 4 unspecified atom stereocenters. The number of carbonyl (C=O) groups excluding carboxylic acids is 2. The Hall–Kier alpha value is -3.26. The Bertz CT molecular complexity index is 1280. The van der Waals surface area contributed by atoms with Crippen molar-refractivity contribution in [3.05, 3.63) is 68.9 Å². The highest BCUT2D eigenvalue weighted by atomic mass is 19.1. The second-order valence-electron chi connectivity index (χ2n) is 8.84. The van der Waals surface area contributed by atoms with Gasteiger partial charge in [0.15, 0.2) is 5.43 Å². The lowest BCUT2D eigenvalue weighted by atomic mass is 9.99. The van der Waals surface area contributed by atoms with Gasteiger partial charge in [-0.3, -0.25) is 19.2 Å². The standard InChI is InChI=1S/C22H21F3N4O6/c1-10-2-3-22(34-21(33)29(35-22)8-12-14(24)4-11(23)5-15(12)25)18-9-27(10)20(32)16-6-17(30)13(19(26)31)7-28(16)18/h4-7,10,18,21,33H,2-3,8-9H2,1H3,(H2,26,31). The predicted molar refractivity (Wildman–Crippen MR) is 111 cm³/mol. The van der Waals surface area contributed by atoms with Gasteiger partial charge in [-0.2, -0.15) is 0 Å². The van der Waals surface area contributed by atoms with Gasteiger partial charge in [0.2, 0.25) is 12.2 Å². The molecule has 0 radical (unpaired) electrons. The van der Waals surface area contributed by atoms with Crippen molar-refractivity contribution in [2.75, 3.05) is 6.54 Å². The first-order valence-electron chi connectivity index (χ1n) is 10.8. The van der Waals surface area contributed by atoms with Crippen molar-refractivity contribution in [2.24, 2.45) is 5.73 Å². The number of fused-ring (bicyclic) bond motifs is 5. The minimum atomic E-state index is -1.77. The SMILES string of the molecule is CC1CCC2(OC(O)N(Cc3c(F)cc(F)cc3F)O2)C2CN1C(=O)c1cc(=O)c(C(N)=O)cn12. The first-order valence-corrected chi connectivity index (χ1v) is 10.8. The van der Waals surface area contributed by atoms with Crippen LogP contribution in [-0.2, 0) is 16.1 Å². The summed E-state index contributed by atoms with van der Waals surface area (Å²) >= 11 is 0. The molecule has 3 aliphatic rings. The number of hydrogen-bond donors (Lipinski definition) is 2. The van der Waals surface area contributed by atoms with E-state index in [4.69, 9.17) is 15.3 Å². The number of pyridine rings is 1. The highest BCUT2D eigenvalue weighted by molar-refractivity contribution is 5.96. The van der Waals surface area contributed by atoms with Crippen LogP contribution in [-0.4, -0.2) is 56.2 Å². The molecule has 1 aromatic heterocycles. The summed E-state index contributed by atoms with van der Waals surface area (Å²) in [5.74, 6) is -6.50. The number of rotatable bonds is 3. The third-order valence-electron chi connectivity index (χ3n) is 6.72. The van der Waals surface area contributed by atoms with Crippen molar-refractivity contribution < 1.29 is 37.4 Å². The van der Waals surface area contributed by atoms with Crippen LogP contribution in [0.1, 0.15) is 52.2 Å². The molecule has 4 atom stereocenters. The monoisotopic (exact) mass is 494 g/mol. The number of benzene rings is 1. The number of amides is 2. The number of halogens is 3. The smallest absolute Gasteiger partial charge is 0.270 e. The largest absolute Gasteiger partial charge is 0.365 e. The van der Waals surface area contributed by atoms with Crippen LogP contribution >= 0.6 is 0 Å². The Morgan fingerprint density at radius 3 is 2.57 bits per heavy atom. The van der Waals surface area contributed by atoms with Crippen molar-refractivity contribution in [2.45, 2.75) is 50.6 Å². The molecule has 1 aromatic carbocycles. The number of aliphatic hydroxyl groups excluding tert-OH is 1. The molecule has 0 saturated carbocycles. The number of hydroxylamine groups is 2. The zero-order valence-electron chi connectivity index (χ0n) is 18.4. The summed E-state index contributed by atoms with van der Waals surface area (Å²) in [4.78, 5) is 44.8. The quantitative estimate of drug-likeness (QED) is 0.651. The second-order valence-corrected chi connectivity index (χ2v) is 8.84. The molecule has 10 nitrogen and oxygen atoms in total. The summed E-state index contributed by atoms with van der Waals surface area (Å²) in [6, 6.07) is 0.872. The lowest BCUT2D eigenvalue weighted by Crippen LogP contribution is -2.53. The van der Waals surface area contributed by atoms with E-state index in [1.807, 2.05) is 0 Å². The molecule has 2 aromatic rings. The average molecular weight is 494 g/mol. The van der Waals surface area contributed by atoms with E-state index in [-0.39, 0.29) is 30.3 Å².